The number of methoxy groups -OCH3 is 1. The number of hydrogen-bond donors (Lipinski definition) is 2. The molecule has 1 aromatic rings. The quantitative estimate of drug-likeness (QED) is 0.484. The van der Waals surface area contributed by atoms with Crippen LogP contribution in [-0.2, 0) is 10.7 Å². The van der Waals surface area contributed by atoms with Crippen molar-refractivity contribution in [1.29, 1.82) is 0 Å². The molecule has 0 aromatic heterocycles. The summed E-state index contributed by atoms with van der Waals surface area (Å²) >= 11 is 0. The lowest BCUT2D eigenvalue weighted by Crippen LogP contribution is -2.00. The van der Waals surface area contributed by atoms with Crippen LogP contribution in [0.2, 0.25) is 0 Å². The zero-order valence-corrected chi connectivity index (χ0v) is 9.56. The van der Waals surface area contributed by atoms with Crippen LogP contribution < -0.4 is 4.74 Å². The third-order valence-corrected chi connectivity index (χ3v) is 2.69. The van der Waals surface area contributed by atoms with Crippen molar-refractivity contribution in [2.24, 2.45) is 0 Å². The van der Waals surface area contributed by atoms with Gasteiger partial charge in [0.2, 0.25) is 5.75 Å². The number of rotatable bonds is 4. The van der Waals surface area contributed by atoms with Gasteiger partial charge >= 0.3 is 13.3 Å². The Morgan fingerprint density at radius 3 is 2.53 bits per heavy atom. The molecule has 9 heteroatoms. The molecule has 0 radical (unpaired) electrons. The van der Waals surface area contributed by atoms with Crippen LogP contribution in [0.1, 0.15) is 5.56 Å². The fourth-order valence-corrected chi connectivity index (χ4v) is 1.96. The molecule has 0 saturated heterocycles. The first kappa shape index (κ1) is 13.6. The molecule has 0 unspecified atom stereocenters. The average molecular weight is 265 g/mol. The highest BCUT2D eigenvalue weighted by molar-refractivity contribution is 7.50. The van der Waals surface area contributed by atoms with Crippen molar-refractivity contribution in [3.05, 3.63) is 33.6 Å². The lowest BCUT2D eigenvalue weighted by atomic mass is 10.2. The zero-order valence-electron chi connectivity index (χ0n) is 8.66. The Hall–Kier alpha value is -1.50. The van der Waals surface area contributed by atoms with Crippen molar-refractivity contribution < 1.29 is 28.4 Å². The number of hydrogen-bond acceptors (Lipinski definition) is 4. The van der Waals surface area contributed by atoms with Gasteiger partial charge in [0, 0.05) is 11.6 Å². The van der Waals surface area contributed by atoms with E-state index in [2.05, 4.69) is 4.74 Å². The molecule has 0 spiro atoms. The van der Waals surface area contributed by atoms with Gasteiger partial charge in [-0.15, -0.1) is 0 Å². The van der Waals surface area contributed by atoms with Gasteiger partial charge in [-0.05, 0) is 6.07 Å². The van der Waals surface area contributed by atoms with Crippen LogP contribution in [0.25, 0.3) is 0 Å². The lowest BCUT2D eigenvalue weighted by molar-refractivity contribution is -0.386. The van der Waals surface area contributed by atoms with E-state index in [9.17, 15) is 19.1 Å². The van der Waals surface area contributed by atoms with Crippen molar-refractivity contribution in [2.75, 3.05) is 7.11 Å². The highest BCUT2D eigenvalue weighted by Crippen LogP contribution is 2.42. The van der Waals surface area contributed by atoms with Crippen LogP contribution in [0.4, 0.5) is 10.1 Å². The van der Waals surface area contributed by atoms with E-state index in [1.54, 1.807) is 0 Å². The summed E-state index contributed by atoms with van der Waals surface area (Å²) in [5.41, 5.74) is -0.930. The number of nitro groups is 1. The maximum atomic E-state index is 13.7. The molecular formula is C8H9FNO6P. The Morgan fingerprint density at radius 2 is 2.12 bits per heavy atom. The van der Waals surface area contributed by atoms with Crippen LogP contribution in [0, 0.1) is 15.9 Å². The van der Waals surface area contributed by atoms with E-state index in [1.807, 2.05) is 0 Å². The molecular weight excluding hydrogens is 256 g/mol. The summed E-state index contributed by atoms with van der Waals surface area (Å²) in [5.74, 6) is -1.77. The maximum absolute atomic E-state index is 13.7. The van der Waals surface area contributed by atoms with Crippen molar-refractivity contribution in [3.63, 3.8) is 0 Å². The van der Waals surface area contributed by atoms with Gasteiger partial charge in [0.25, 0.3) is 0 Å². The zero-order chi connectivity index (χ0) is 13.2. The van der Waals surface area contributed by atoms with E-state index in [0.29, 0.717) is 0 Å². The van der Waals surface area contributed by atoms with E-state index in [0.717, 1.165) is 19.2 Å². The second-order valence-corrected chi connectivity index (χ2v) is 4.82. The molecule has 17 heavy (non-hydrogen) atoms. The van der Waals surface area contributed by atoms with Crippen LogP contribution in [0.5, 0.6) is 5.75 Å². The van der Waals surface area contributed by atoms with E-state index < -0.39 is 35.9 Å². The predicted molar refractivity (Wildman–Crippen MR) is 55.4 cm³/mol. The van der Waals surface area contributed by atoms with Crippen LogP contribution in [-0.4, -0.2) is 21.8 Å². The van der Waals surface area contributed by atoms with Gasteiger partial charge in [0.05, 0.1) is 18.2 Å². The Labute approximate surface area is 95.1 Å². The summed E-state index contributed by atoms with van der Waals surface area (Å²) in [6.07, 6.45) is -0.840. The first-order chi connectivity index (χ1) is 7.76. The summed E-state index contributed by atoms with van der Waals surface area (Å²) in [4.78, 5) is 27.1. The fraction of sp³-hybridized carbons (Fsp3) is 0.250. The molecule has 0 amide bonds. The van der Waals surface area contributed by atoms with Crippen molar-refractivity contribution in [3.8, 4) is 5.75 Å². The SMILES string of the molecule is COc1c([N+](=O)[O-])ccc(CP(=O)(O)O)c1F. The Balaban J connectivity index is 3.30. The molecule has 0 aliphatic carbocycles. The van der Waals surface area contributed by atoms with Gasteiger partial charge in [0.1, 0.15) is 0 Å². The third-order valence-electron chi connectivity index (χ3n) is 1.93. The summed E-state index contributed by atoms with van der Waals surface area (Å²) < 4.78 is 28.9. The standard InChI is InChI=1S/C8H9FNO6P/c1-16-8-6(10(11)12)3-2-5(7(8)9)4-17(13,14)15/h2-3H,4H2,1H3,(H2,13,14,15). The molecule has 0 aliphatic rings. The highest BCUT2D eigenvalue weighted by Gasteiger charge is 2.25. The minimum absolute atomic E-state index is 0.333. The molecule has 94 valence electrons. The molecule has 1 rings (SSSR count). The van der Waals surface area contributed by atoms with Gasteiger partial charge in [-0.2, -0.15) is 0 Å². The molecule has 2 N–H and O–H groups in total. The molecule has 0 fully saturated rings. The molecule has 0 bridgehead atoms. The highest BCUT2D eigenvalue weighted by atomic mass is 31.2. The molecule has 0 aliphatic heterocycles. The Bertz CT molecular complexity index is 499. The first-order valence-corrected chi connectivity index (χ1v) is 6.10. The van der Waals surface area contributed by atoms with E-state index in [4.69, 9.17) is 9.79 Å². The van der Waals surface area contributed by atoms with Gasteiger partial charge in [-0.25, -0.2) is 4.39 Å². The van der Waals surface area contributed by atoms with Crippen LogP contribution in [0.3, 0.4) is 0 Å². The second-order valence-electron chi connectivity index (χ2n) is 3.17. The van der Waals surface area contributed by atoms with Gasteiger partial charge in [-0.1, -0.05) is 0 Å². The third kappa shape index (κ3) is 3.23. The number of benzene rings is 1. The first-order valence-electron chi connectivity index (χ1n) is 4.30. The van der Waals surface area contributed by atoms with Crippen molar-refractivity contribution in [2.45, 2.75) is 6.16 Å². The minimum Gasteiger partial charge on any atom is -0.488 e. The molecule has 0 saturated carbocycles. The monoisotopic (exact) mass is 265 g/mol. The minimum atomic E-state index is -4.45. The summed E-state index contributed by atoms with van der Waals surface area (Å²) in [7, 11) is -3.41. The smallest absolute Gasteiger partial charge is 0.330 e. The second kappa shape index (κ2) is 4.79. The van der Waals surface area contributed by atoms with E-state index >= 15 is 0 Å². The Morgan fingerprint density at radius 1 is 1.53 bits per heavy atom. The van der Waals surface area contributed by atoms with Crippen LogP contribution >= 0.6 is 7.60 Å². The van der Waals surface area contributed by atoms with Gasteiger partial charge in [-0.3, -0.25) is 14.7 Å². The maximum Gasteiger partial charge on any atom is 0.330 e. The molecule has 0 atom stereocenters. The van der Waals surface area contributed by atoms with Crippen LogP contribution in [0.15, 0.2) is 12.1 Å². The van der Waals surface area contributed by atoms with Gasteiger partial charge < -0.3 is 14.5 Å². The van der Waals surface area contributed by atoms with Crippen molar-refractivity contribution >= 4 is 13.3 Å². The van der Waals surface area contributed by atoms with Gasteiger partial charge in [0.15, 0.2) is 5.82 Å². The molecule has 0 heterocycles. The normalized spacial score (nSPS) is 11.3. The Kier molecular flexibility index (Phi) is 3.82. The number of halogens is 1. The van der Waals surface area contributed by atoms with E-state index in [-0.39, 0.29) is 5.56 Å². The predicted octanol–water partition coefficient (Wildman–Crippen LogP) is 1.42. The summed E-state index contributed by atoms with van der Waals surface area (Å²) in [6.45, 7) is 0. The summed E-state index contributed by atoms with van der Waals surface area (Å²) in [6, 6.07) is 1.89. The average Bonchev–Trinajstić information content (AvgIpc) is 2.18. The van der Waals surface area contributed by atoms with E-state index in [1.165, 1.54) is 0 Å². The number of ether oxygens (including phenoxy) is 1. The topological polar surface area (TPSA) is 110 Å². The van der Waals surface area contributed by atoms with Crippen molar-refractivity contribution in [1.82, 2.24) is 0 Å². The molecule has 1 aromatic carbocycles. The fourth-order valence-electron chi connectivity index (χ4n) is 1.27. The summed E-state index contributed by atoms with van der Waals surface area (Å²) in [5, 5.41) is 10.5. The number of nitro benzene ring substituents is 1. The molecule has 7 nitrogen and oxygen atoms in total. The largest absolute Gasteiger partial charge is 0.488 e. The number of nitrogens with zero attached hydrogens (tertiary/aromatic N) is 1. The lowest BCUT2D eigenvalue weighted by Gasteiger charge is -2.08.